The Morgan fingerprint density at radius 1 is 0.933 bits per heavy atom. The Kier molecular flexibility index (Phi) is 5.33. The van der Waals surface area contributed by atoms with Gasteiger partial charge in [-0.15, -0.1) is 0 Å². The van der Waals surface area contributed by atoms with Gasteiger partial charge < -0.3 is 4.74 Å². The van der Waals surface area contributed by atoms with Gasteiger partial charge in [-0.3, -0.25) is 10.1 Å². The van der Waals surface area contributed by atoms with Crippen molar-refractivity contribution >= 4 is 9.84 Å². The predicted octanol–water partition coefficient (Wildman–Crippen LogP) is 4.26. The molecule has 2 aromatic heterocycles. The number of aromatic nitrogens is 3. The van der Waals surface area contributed by atoms with Gasteiger partial charge in [0.2, 0.25) is 0 Å². The molecule has 8 heteroatoms. The standard InChI is InChI=1S/C22H18FN3O3S/c1-29-19-8-2-15(3-9-19)14-30(27,28)22-20(16-10-12-24-13-11-16)21(25-26-22)17-4-6-18(23)7-5-17/h2-13H,14H2,1H3,(H,25,26). The fraction of sp³-hybridized carbons (Fsp3) is 0.0909. The molecule has 4 aromatic rings. The van der Waals surface area contributed by atoms with Crippen LogP contribution in [0.2, 0.25) is 0 Å². The van der Waals surface area contributed by atoms with Crippen molar-refractivity contribution in [3.8, 4) is 28.1 Å². The van der Waals surface area contributed by atoms with Crippen molar-refractivity contribution in [2.24, 2.45) is 0 Å². The van der Waals surface area contributed by atoms with Crippen molar-refractivity contribution in [2.45, 2.75) is 10.8 Å². The van der Waals surface area contributed by atoms with Crippen molar-refractivity contribution in [1.29, 1.82) is 0 Å². The Bertz CT molecular complexity index is 1250. The number of ether oxygens (including phenoxy) is 1. The van der Waals surface area contributed by atoms with Gasteiger partial charge in [0.25, 0.3) is 0 Å². The number of benzene rings is 2. The molecular formula is C22H18FN3O3S. The van der Waals surface area contributed by atoms with Gasteiger partial charge in [0.05, 0.1) is 12.9 Å². The van der Waals surface area contributed by atoms with Crippen LogP contribution in [0.25, 0.3) is 22.4 Å². The van der Waals surface area contributed by atoms with Crippen LogP contribution in [0.1, 0.15) is 5.56 Å². The van der Waals surface area contributed by atoms with E-state index in [-0.39, 0.29) is 16.6 Å². The second kappa shape index (κ2) is 8.08. The van der Waals surface area contributed by atoms with Gasteiger partial charge in [0.1, 0.15) is 17.3 Å². The lowest BCUT2D eigenvalue weighted by Gasteiger charge is -2.08. The van der Waals surface area contributed by atoms with Crippen LogP contribution in [0.4, 0.5) is 4.39 Å². The SMILES string of the molecule is COc1ccc(CS(=O)(=O)c2[nH]nc(-c3ccc(F)cc3)c2-c2ccncc2)cc1. The molecule has 0 aliphatic carbocycles. The normalized spacial score (nSPS) is 11.4. The molecule has 6 nitrogen and oxygen atoms in total. The highest BCUT2D eigenvalue weighted by molar-refractivity contribution is 7.90. The van der Waals surface area contributed by atoms with Crippen LogP contribution >= 0.6 is 0 Å². The molecule has 0 saturated carbocycles. The van der Waals surface area contributed by atoms with Crippen molar-refractivity contribution in [3.63, 3.8) is 0 Å². The summed E-state index contributed by atoms with van der Waals surface area (Å²) in [7, 11) is -2.21. The number of halogens is 1. The minimum absolute atomic E-state index is 0.00356. The van der Waals surface area contributed by atoms with E-state index in [0.717, 1.165) is 0 Å². The van der Waals surface area contributed by atoms with E-state index in [9.17, 15) is 12.8 Å². The lowest BCUT2D eigenvalue weighted by Crippen LogP contribution is -2.07. The molecule has 30 heavy (non-hydrogen) atoms. The molecule has 0 spiro atoms. The molecular weight excluding hydrogens is 405 g/mol. The molecule has 1 N–H and O–H groups in total. The van der Waals surface area contributed by atoms with Gasteiger partial charge in [-0.2, -0.15) is 5.10 Å². The first-order valence-corrected chi connectivity index (χ1v) is 10.7. The minimum atomic E-state index is -3.76. The third kappa shape index (κ3) is 3.95. The number of methoxy groups -OCH3 is 1. The molecule has 2 heterocycles. The number of nitrogens with one attached hydrogen (secondary N) is 1. The molecule has 0 aliphatic rings. The summed E-state index contributed by atoms with van der Waals surface area (Å²) in [5.74, 6) is 0.0565. The molecule has 0 amide bonds. The molecule has 4 rings (SSSR count). The summed E-state index contributed by atoms with van der Waals surface area (Å²) >= 11 is 0. The zero-order valence-electron chi connectivity index (χ0n) is 16.0. The maximum absolute atomic E-state index is 13.4. The number of nitrogens with zero attached hydrogens (tertiary/aromatic N) is 2. The lowest BCUT2D eigenvalue weighted by molar-refractivity contribution is 0.414. The van der Waals surface area contributed by atoms with Gasteiger partial charge in [-0.25, -0.2) is 12.8 Å². The van der Waals surface area contributed by atoms with E-state index in [1.807, 2.05) is 0 Å². The monoisotopic (exact) mass is 423 g/mol. The molecule has 2 aromatic carbocycles. The Labute approximate surface area is 173 Å². The summed E-state index contributed by atoms with van der Waals surface area (Å²) in [6, 6.07) is 16.0. The van der Waals surface area contributed by atoms with E-state index < -0.39 is 9.84 Å². The number of H-pyrrole nitrogens is 1. The highest BCUT2D eigenvalue weighted by atomic mass is 32.2. The minimum Gasteiger partial charge on any atom is -0.497 e. The Morgan fingerprint density at radius 2 is 1.60 bits per heavy atom. The molecule has 0 radical (unpaired) electrons. The Morgan fingerprint density at radius 3 is 2.23 bits per heavy atom. The second-order valence-corrected chi connectivity index (χ2v) is 8.55. The molecule has 0 unspecified atom stereocenters. The fourth-order valence-corrected chi connectivity index (χ4v) is 4.65. The number of aromatic amines is 1. The zero-order valence-corrected chi connectivity index (χ0v) is 16.9. The van der Waals surface area contributed by atoms with Crippen LogP contribution in [0, 0.1) is 5.82 Å². The van der Waals surface area contributed by atoms with Crippen LogP contribution in [0.3, 0.4) is 0 Å². The Hall–Kier alpha value is -3.52. The van der Waals surface area contributed by atoms with Crippen molar-refractivity contribution in [2.75, 3.05) is 7.11 Å². The van der Waals surface area contributed by atoms with E-state index in [0.29, 0.717) is 33.7 Å². The van der Waals surface area contributed by atoms with Gasteiger partial charge in [-0.05, 0) is 59.7 Å². The zero-order chi connectivity index (χ0) is 21.1. The molecule has 0 fully saturated rings. The first-order valence-electron chi connectivity index (χ1n) is 9.08. The quantitative estimate of drug-likeness (QED) is 0.501. The average Bonchev–Trinajstić information content (AvgIpc) is 3.21. The van der Waals surface area contributed by atoms with Gasteiger partial charge in [0.15, 0.2) is 14.9 Å². The topological polar surface area (TPSA) is 84.9 Å². The van der Waals surface area contributed by atoms with Crippen LogP contribution in [0.5, 0.6) is 5.75 Å². The van der Waals surface area contributed by atoms with E-state index in [1.165, 1.54) is 12.1 Å². The molecule has 152 valence electrons. The lowest BCUT2D eigenvalue weighted by atomic mass is 10.0. The number of pyridine rings is 1. The van der Waals surface area contributed by atoms with Crippen LogP contribution in [-0.4, -0.2) is 30.7 Å². The average molecular weight is 423 g/mol. The van der Waals surface area contributed by atoms with Gasteiger partial charge in [0, 0.05) is 23.5 Å². The molecule has 0 bridgehead atoms. The summed E-state index contributed by atoms with van der Waals surface area (Å²) < 4.78 is 45.0. The van der Waals surface area contributed by atoms with Gasteiger partial charge >= 0.3 is 0 Å². The van der Waals surface area contributed by atoms with Crippen LogP contribution in [0.15, 0.2) is 78.1 Å². The number of hydrogen-bond acceptors (Lipinski definition) is 5. The first-order chi connectivity index (χ1) is 14.5. The van der Waals surface area contributed by atoms with Gasteiger partial charge in [-0.1, -0.05) is 12.1 Å². The second-order valence-electron chi connectivity index (χ2n) is 6.63. The third-order valence-electron chi connectivity index (χ3n) is 4.65. The van der Waals surface area contributed by atoms with E-state index in [4.69, 9.17) is 4.74 Å². The number of hydrogen-bond donors (Lipinski definition) is 1. The maximum atomic E-state index is 13.4. The van der Waals surface area contributed by atoms with E-state index in [2.05, 4.69) is 15.2 Å². The summed E-state index contributed by atoms with van der Waals surface area (Å²) in [6.07, 6.45) is 3.16. The fourth-order valence-electron chi connectivity index (χ4n) is 3.17. The number of rotatable bonds is 6. The predicted molar refractivity (Wildman–Crippen MR) is 111 cm³/mol. The first kappa shape index (κ1) is 19.8. The van der Waals surface area contributed by atoms with Crippen LogP contribution in [-0.2, 0) is 15.6 Å². The Balaban J connectivity index is 1.81. The summed E-state index contributed by atoms with van der Waals surface area (Å²) in [6.45, 7) is 0. The molecule has 0 saturated heterocycles. The third-order valence-corrected chi connectivity index (χ3v) is 6.28. The van der Waals surface area contributed by atoms with E-state index in [1.54, 1.807) is 68.0 Å². The highest BCUT2D eigenvalue weighted by Crippen LogP contribution is 2.36. The molecule has 0 aliphatic heterocycles. The summed E-state index contributed by atoms with van der Waals surface area (Å²) in [5.41, 5.74) is 2.72. The van der Waals surface area contributed by atoms with Crippen molar-refractivity contribution < 1.29 is 17.5 Å². The van der Waals surface area contributed by atoms with Crippen molar-refractivity contribution in [1.82, 2.24) is 15.2 Å². The summed E-state index contributed by atoms with van der Waals surface area (Å²) in [5, 5.41) is 6.96. The largest absolute Gasteiger partial charge is 0.497 e. The smallest absolute Gasteiger partial charge is 0.199 e. The highest BCUT2D eigenvalue weighted by Gasteiger charge is 2.27. The maximum Gasteiger partial charge on any atom is 0.199 e. The molecule has 0 atom stereocenters. The number of sulfone groups is 1. The van der Waals surface area contributed by atoms with Crippen molar-refractivity contribution in [3.05, 3.63) is 84.4 Å². The summed E-state index contributed by atoms with van der Waals surface area (Å²) in [4.78, 5) is 4.00. The van der Waals surface area contributed by atoms with Crippen LogP contribution < -0.4 is 4.74 Å². The van der Waals surface area contributed by atoms with E-state index >= 15 is 0 Å².